The molecule has 2 N–H and O–H groups in total. The highest BCUT2D eigenvalue weighted by Gasteiger charge is 2.47. The maximum atomic E-state index is 9.36. The van der Waals surface area contributed by atoms with Crippen LogP contribution in [0.3, 0.4) is 0 Å². The van der Waals surface area contributed by atoms with Crippen molar-refractivity contribution in [1.82, 2.24) is 14.8 Å². The summed E-state index contributed by atoms with van der Waals surface area (Å²) in [5, 5.41) is 17.4. The van der Waals surface area contributed by atoms with Crippen LogP contribution in [0.2, 0.25) is 0 Å². The molecule has 0 amide bonds. The van der Waals surface area contributed by atoms with Crippen LogP contribution >= 0.6 is 0 Å². The maximum absolute atomic E-state index is 9.36. The van der Waals surface area contributed by atoms with Gasteiger partial charge in [-0.05, 0) is 48.9 Å². The fraction of sp³-hybridized carbons (Fsp3) is 0.467. The van der Waals surface area contributed by atoms with Gasteiger partial charge in [-0.3, -0.25) is 0 Å². The first kappa shape index (κ1) is 11.8. The molecular formula is C15H18N4O. The number of fused-ring (bicyclic) bond motifs is 1. The molecule has 1 aromatic heterocycles. The average Bonchev–Trinajstić information content (AvgIpc) is 3.04. The Morgan fingerprint density at radius 1 is 1.30 bits per heavy atom. The van der Waals surface area contributed by atoms with Gasteiger partial charge in [0.15, 0.2) is 5.82 Å². The van der Waals surface area contributed by atoms with Gasteiger partial charge in [-0.25, -0.2) is 4.68 Å². The molecule has 1 aliphatic carbocycles. The predicted molar refractivity (Wildman–Crippen MR) is 76.6 cm³/mol. The molecule has 4 rings (SSSR count). The largest absolute Gasteiger partial charge is 0.508 e. The van der Waals surface area contributed by atoms with E-state index in [0.717, 1.165) is 30.3 Å². The molecule has 1 aliphatic heterocycles. The van der Waals surface area contributed by atoms with E-state index in [1.54, 1.807) is 12.1 Å². The van der Waals surface area contributed by atoms with Gasteiger partial charge in [0.1, 0.15) is 5.75 Å². The molecule has 0 saturated heterocycles. The summed E-state index contributed by atoms with van der Waals surface area (Å²) in [6, 6.07) is 7.50. The van der Waals surface area contributed by atoms with Crippen LogP contribution in [0.1, 0.15) is 32.2 Å². The number of nitrogens with zero attached hydrogens (tertiary/aromatic N) is 3. The summed E-state index contributed by atoms with van der Waals surface area (Å²) in [6.07, 6.45) is 3.68. The second kappa shape index (κ2) is 3.98. The standard InChI is InChI=1S/C15H18N4O/c1-15(7-8-15)12-6-9-16-14-17-13(18-19(12)14)10-2-4-11(20)5-3-10/h2-5,12,20H,6-9H2,1H3,(H,16,17,18). The van der Waals surface area contributed by atoms with E-state index in [4.69, 9.17) is 5.10 Å². The second-order valence-corrected chi connectivity index (χ2v) is 6.14. The Balaban J connectivity index is 1.74. The Hall–Kier alpha value is -2.04. The van der Waals surface area contributed by atoms with Crippen molar-refractivity contribution in [2.75, 3.05) is 11.9 Å². The molecule has 1 atom stereocenters. The SMILES string of the molecule is CC1(C2CCNc3nc(-c4ccc(O)cc4)nn32)CC1. The molecule has 20 heavy (non-hydrogen) atoms. The van der Waals surface area contributed by atoms with E-state index >= 15 is 0 Å². The third-order valence-corrected chi connectivity index (χ3v) is 4.60. The first-order valence-corrected chi connectivity index (χ1v) is 7.16. The molecule has 2 aromatic rings. The summed E-state index contributed by atoms with van der Waals surface area (Å²) < 4.78 is 2.07. The van der Waals surface area contributed by atoms with Crippen molar-refractivity contribution in [3.8, 4) is 17.1 Å². The van der Waals surface area contributed by atoms with E-state index in [9.17, 15) is 5.11 Å². The minimum Gasteiger partial charge on any atom is -0.508 e. The number of phenols is 1. The lowest BCUT2D eigenvalue weighted by Crippen LogP contribution is -2.29. The van der Waals surface area contributed by atoms with Gasteiger partial charge in [-0.15, -0.1) is 5.10 Å². The predicted octanol–water partition coefficient (Wildman–Crippen LogP) is 2.81. The minimum absolute atomic E-state index is 0.263. The first-order valence-electron chi connectivity index (χ1n) is 7.16. The van der Waals surface area contributed by atoms with E-state index in [-0.39, 0.29) is 5.75 Å². The van der Waals surface area contributed by atoms with Crippen molar-refractivity contribution in [3.05, 3.63) is 24.3 Å². The zero-order valence-electron chi connectivity index (χ0n) is 11.5. The van der Waals surface area contributed by atoms with Gasteiger partial charge >= 0.3 is 0 Å². The van der Waals surface area contributed by atoms with Gasteiger partial charge in [-0.2, -0.15) is 4.98 Å². The number of aromatic nitrogens is 3. The Morgan fingerprint density at radius 2 is 2.05 bits per heavy atom. The van der Waals surface area contributed by atoms with Crippen LogP contribution in [0.25, 0.3) is 11.4 Å². The summed E-state index contributed by atoms with van der Waals surface area (Å²) in [7, 11) is 0. The molecular weight excluding hydrogens is 252 g/mol. The monoisotopic (exact) mass is 270 g/mol. The van der Waals surface area contributed by atoms with Crippen LogP contribution in [-0.4, -0.2) is 26.4 Å². The Kier molecular flexibility index (Phi) is 2.34. The van der Waals surface area contributed by atoms with Gasteiger partial charge in [0.2, 0.25) is 5.95 Å². The zero-order valence-corrected chi connectivity index (χ0v) is 11.5. The third-order valence-electron chi connectivity index (χ3n) is 4.60. The molecule has 2 heterocycles. The van der Waals surface area contributed by atoms with Gasteiger partial charge < -0.3 is 10.4 Å². The number of benzene rings is 1. The van der Waals surface area contributed by atoms with Gasteiger partial charge in [0.25, 0.3) is 0 Å². The van der Waals surface area contributed by atoms with Crippen molar-refractivity contribution < 1.29 is 5.11 Å². The topological polar surface area (TPSA) is 63.0 Å². The van der Waals surface area contributed by atoms with Crippen molar-refractivity contribution in [3.63, 3.8) is 0 Å². The highest BCUT2D eigenvalue weighted by atomic mass is 16.3. The zero-order chi connectivity index (χ0) is 13.7. The van der Waals surface area contributed by atoms with E-state index in [1.165, 1.54) is 12.8 Å². The lowest BCUT2D eigenvalue weighted by Gasteiger charge is -2.29. The quantitative estimate of drug-likeness (QED) is 0.880. The van der Waals surface area contributed by atoms with Crippen LogP contribution in [0.15, 0.2) is 24.3 Å². The smallest absolute Gasteiger partial charge is 0.221 e. The molecule has 0 radical (unpaired) electrons. The van der Waals surface area contributed by atoms with Crippen LogP contribution in [0.4, 0.5) is 5.95 Å². The van der Waals surface area contributed by atoms with E-state index < -0.39 is 0 Å². The van der Waals surface area contributed by atoms with Crippen molar-refractivity contribution in [2.24, 2.45) is 5.41 Å². The summed E-state index contributed by atoms with van der Waals surface area (Å²) in [5.41, 5.74) is 1.34. The molecule has 1 saturated carbocycles. The molecule has 1 fully saturated rings. The van der Waals surface area contributed by atoms with Gasteiger partial charge in [-0.1, -0.05) is 6.92 Å². The van der Waals surface area contributed by atoms with Gasteiger partial charge in [0.05, 0.1) is 6.04 Å². The van der Waals surface area contributed by atoms with Crippen molar-refractivity contribution in [2.45, 2.75) is 32.2 Å². The van der Waals surface area contributed by atoms with Crippen LogP contribution in [-0.2, 0) is 0 Å². The molecule has 1 aromatic carbocycles. The van der Waals surface area contributed by atoms with E-state index in [2.05, 4.69) is 21.9 Å². The minimum atomic E-state index is 0.263. The highest BCUT2D eigenvalue weighted by molar-refractivity contribution is 5.57. The van der Waals surface area contributed by atoms with Crippen molar-refractivity contribution in [1.29, 1.82) is 0 Å². The second-order valence-electron chi connectivity index (χ2n) is 6.14. The van der Waals surface area contributed by atoms with Crippen molar-refractivity contribution >= 4 is 5.95 Å². The lowest BCUT2D eigenvalue weighted by molar-refractivity contribution is 0.284. The highest BCUT2D eigenvalue weighted by Crippen LogP contribution is 2.56. The number of hydrogen-bond donors (Lipinski definition) is 2. The molecule has 5 nitrogen and oxygen atoms in total. The summed E-state index contributed by atoms with van der Waals surface area (Å²) in [5.74, 6) is 1.86. The number of aromatic hydroxyl groups is 1. The Labute approximate surface area is 117 Å². The maximum Gasteiger partial charge on any atom is 0.221 e. The Bertz CT molecular complexity index is 642. The summed E-state index contributed by atoms with van der Waals surface area (Å²) in [4.78, 5) is 4.60. The normalized spacial score (nSPS) is 22.9. The summed E-state index contributed by atoms with van der Waals surface area (Å²) in [6.45, 7) is 3.31. The fourth-order valence-corrected chi connectivity index (χ4v) is 3.01. The molecule has 0 bridgehead atoms. The molecule has 2 aliphatic rings. The lowest BCUT2D eigenvalue weighted by atomic mass is 9.95. The van der Waals surface area contributed by atoms with Crippen LogP contribution < -0.4 is 5.32 Å². The molecule has 104 valence electrons. The third kappa shape index (κ3) is 1.77. The molecule has 0 spiro atoms. The molecule has 5 heteroatoms. The summed E-state index contributed by atoms with van der Waals surface area (Å²) >= 11 is 0. The number of rotatable bonds is 2. The number of hydrogen-bond acceptors (Lipinski definition) is 4. The van der Waals surface area contributed by atoms with Gasteiger partial charge in [0, 0.05) is 12.1 Å². The van der Waals surface area contributed by atoms with E-state index in [1.807, 2.05) is 12.1 Å². The van der Waals surface area contributed by atoms with E-state index in [0.29, 0.717) is 11.5 Å². The number of nitrogens with one attached hydrogen (secondary N) is 1. The Morgan fingerprint density at radius 3 is 2.75 bits per heavy atom. The number of phenolic OH excluding ortho intramolecular Hbond substituents is 1. The fourth-order valence-electron chi connectivity index (χ4n) is 3.01. The van der Waals surface area contributed by atoms with Crippen LogP contribution in [0.5, 0.6) is 5.75 Å². The van der Waals surface area contributed by atoms with Crippen LogP contribution in [0, 0.1) is 5.41 Å². The average molecular weight is 270 g/mol. The first-order chi connectivity index (χ1) is 9.66. The number of anilines is 1. The molecule has 1 unspecified atom stereocenters.